The predicted molar refractivity (Wildman–Crippen MR) is 81.2 cm³/mol. The number of carbonyl (C=O) groups excluding carboxylic acids is 1. The average Bonchev–Trinajstić information content (AvgIpc) is 2.78. The molecule has 0 bridgehead atoms. The van der Waals surface area contributed by atoms with Crippen molar-refractivity contribution in [3.63, 3.8) is 0 Å². The minimum absolute atomic E-state index is 0.0620. The molecule has 2 aromatic rings. The smallest absolute Gasteiger partial charge is 0.263 e. The van der Waals surface area contributed by atoms with E-state index >= 15 is 0 Å². The van der Waals surface area contributed by atoms with Gasteiger partial charge in [-0.3, -0.25) is 4.79 Å². The second-order valence-electron chi connectivity index (χ2n) is 4.73. The number of aliphatic hydroxyl groups excluding tert-OH is 1. The van der Waals surface area contributed by atoms with Gasteiger partial charge in [0.2, 0.25) is 0 Å². The Morgan fingerprint density at radius 2 is 2.10 bits per heavy atom. The van der Waals surface area contributed by atoms with E-state index in [2.05, 4.69) is 23.3 Å². The zero-order valence-electron chi connectivity index (χ0n) is 11.9. The molecule has 0 saturated heterocycles. The van der Waals surface area contributed by atoms with E-state index < -0.39 is 0 Å². The molecule has 0 aliphatic rings. The molecule has 0 atom stereocenters. The van der Waals surface area contributed by atoms with Crippen LogP contribution in [0.2, 0.25) is 0 Å². The summed E-state index contributed by atoms with van der Waals surface area (Å²) in [6, 6.07) is 6.19. The lowest BCUT2D eigenvalue weighted by Gasteiger charge is -2.03. The van der Waals surface area contributed by atoms with Gasteiger partial charge in [-0.2, -0.15) is 0 Å². The Morgan fingerprint density at radius 3 is 2.75 bits per heavy atom. The molecule has 1 heterocycles. The maximum absolute atomic E-state index is 12.0. The van der Waals surface area contributed by atoms with E-state index in [4.69, 9.17) is 5.11 Å². The molecule has 5 heteroatoms. The molecule has 2 N–H and O–H groups in total. The number of hydrogen-bond acceptors (Lipinski definition) is 4. The maximum atomic E-state index is 12.0. The number of amides is 1. The van der Waals surface area contributed by atoms with Crippen LogP contribution in [-0.4, -0.2) is 29.1 Å². The Bertz CT molecular complexity index is 635. The molecule has 0 aliphatic heterocycles. The summed E-state index contributed by atoms with van der Waals surface area (Å²) in [4.78, 5) is 17.1. The molecule has 0 saturated carbocycles. The number of aryl methyl sites for hydroxylation is 3. The van der Waals surface area contributed by atoms with E-state index in [0.29, 0.717) is 4.88 Å². The number of carbonyl (C=O) groups is 1. The number of rotatable bonds is 4. The van der Waals surface area contributed by atoms with Crippen LogP contribution >= 0.6 is 11.3 Å². The lowest BCUT2D eigenvalue weighted by molar-refractivity contribution is 0.0948. The molecule has 0 radical (unpaired) electrons. The number of thiazole rings is 1. The van der Waals surface area contributed by atoms with Crippen molar-refractivity contribution in [3.8, 4) is 10.6 Å². The summed E-state index contributed by atoms with van der Waals surface area (Å²) in [6.07, 6.45) is 0. The molecule has 20 heavy (non-hydrogen) atoms. The molecule has 1 aromatic carbocycles. The van der Waals surface area contributed by atoms with Crippen LogP contribution in [0.3, 0.4) is 0 Å². The third-order valence-electron chi connectivity index (χ3n) is 3.01. The first-order chi connectivity index (χ1) is 9.52. The number of nitrogens with one attached hydrogen (secondary N) is 1. The third kappa shape index (κ3) is 3.05. The summed E-state index contributed by atoms with van der Waals surface area (Å²) in [6.45, 7) is 6.13. The van der Waals surface area contributed by atoms with E-state index in [1.54, 1.807) is 0 Å². The summed E-state index contributed by atoms with van der Waals surface area (Å²) in [7, 11) is 0. The van der Waals surface area contributed by atoms with E-state index in [1.807, 2.05) is 26.0 Å². The number of nitrogens with zero attached hydrogens (tertiary/aromatic N) is 1. The third-order valence-corrected chi connectivity index (χ3v) is 4.20. The Morgan fingerprint density at radius 1 is 1.35 bits per heavy atom. The van der Waals surface area contributed by atoms with E-state index in [9.17, 15) is 4.79 Å². The van der Waals surface area contributed by atoms with Gasteiger partial charge in [0.25, 0.3) is 5.91 Å². The van der Waals surface area contributed by atoms with Crippen molar-refractivity contribution in [2.24, 2.45) is 0 Å². The van der Waals surface area contributed by atoms with Gasteiger partial charge in [-0.05, 0) is 26.3 Å². The largest absolute Gasteiger partial charge is 0.395 e. The van der Waals surface area contributed by atoms with Crippen LogP contribution in [0.25, 0.3) is 10.6 Å². The van der Waals surface area contributed by atoms with Crippen LogP contribution in [0.1, 0.15) is 26.5 Å². The van der Waals surface area contributed by atoms with Crippen molar-refractivity contribution >= 4 is 17.2 Å². The van der Waals surface area contributed by atoms with Crippen LogP contribution in [0.5, 0.6) is 0 Å². The van der Waals surface area contributed by atoms with Gasteiger partial charge in [0.1, 0.15) is 9.88 Å². The first kappa shape index (κ1) is 14.7. The highest BCUT2D eigenvalue weighted by Gasteiger charge is 2.16. The van der Waals surface area contributed by atoms with Gasteiger partial charge < -0.3 is 10.4 Å². The monoisotopic (exact) mass is 290 g/mol. The predicted octanol–water partition coefficient (Wildman–Crippen LogP) is 2.46. The van der Waals surface area contributed by atoms with Crippen molar-refractivity contribution in [3.05, 3.63) is 39.9 Å². The fraction of sp³-hybridized carbons (Fsp3) is 0.333. The topological polar surface area (TPSA) is 62.2 Å². The highest BCUT2D eigenvalue weighted by Crippen LogP contribution is 2.30. The highest BCUT2D eigenvalue weighted by molar-refractivity contribution is 7.17. The molecule has 1 amide bonds. The second kappa shape index (κ2) is 6.15. The highest BCUT2D eigenvalue weighted by atomic mass is 32.1. The molecular weight excluding hydrogens is 272 g/mol. The molecule has 0 aliphatic carbocycles. The minimum Gasteiger partial charge on any atom is -0.395 e. The lowest BCUT2D eigenvalue weighted by Crippen LogP contribution is -2.26. The Kier molecular flexibility index (Phi) is 4.52. The molecule has 1 aromatic heterocycles. The van der Waals surface area contributed by atoms with Crippen LogP contribution in [0.15, 0.2) is 18.2 Å². The Balaban J connectivity index is 2.33. The number of hydrogen-bond donors (Lipinski definition) is 2. The van der Waals surface area contributed by atoms with Gasteiger partial charge in [-0.25, -0.2) is 4.98 Å². The van der Waals surface area contributed by atoms with Crippen LogP contribution in [-0.2, 0) is 0 Å². The van der Waals surface area contributed by atoms with Gasteiger partial charge in [0.15, 0.2) is 0 Å². The van der Waals surface area contributed by atoms with E-state index in [1.165, 1.54) is 16.9 Å². The molecule has 106 valence electrons. The van der Waals surface area contributed by atoms with Crippen molar-refractivity contribution in [2.75, 3.05) is 13.2 Å². The van der Waals surface area contributed by atoms with Gasteiger partial charge >= 0.3 is 0 Å². The molecule has 0 spiro atoms. The van der Waals surface area contributed by atoms with Gasteiger partial charge in [-0.15, -0.1) is 11.3 Å². The summed E-state index contributed by atoms with van der Waals surface area (Å²) >= 11 is 1.39. The first-order valence-corrected chi connectivity index (χ1v) is 7.28. The molecule has 4 nitrogen and oxygen atoms in total. The molecule has 0 unspecified atom stereocenters. The fourth-order valence-corrected chi connectivity index (χ4v) is 3.10. The van der Waals surface area contributed by atoms with Crippen LogP contribution in [0.4, 0.5) is 0 Å². The van der Waals surface area contributed by atoms with Gasteiger partial charge in [-0.1, -0.05) is 23.8 Å². The van der Waals surface area contributed by atoms with Crippen molar-refractivity contribution in [2.45, 2.75) is 20.8 Å². The van der Waals surface area contributed by atoms with Crippen molar-refractivity contribution in [1.29, 1.82) is 0 Å². The Hall–Kier alpha value is -1.72. The average molecular weight is 290 g/mol. The second-order valence-corrected chi connectivity index (χ2v) is 5.73. The number of benzene rings is 1. The minimum atomic E-state index is -0.176. The Labute approximate surface area is 122 Å². The fourth-order valence-electron chi connectivity index (χ4n) is 2.03. The van der Waals surface area contributed by atoms with Crippen LogP contribution in [0, 0.1) is 20.8 Å². The maximum Gasteiger partial charge on any atom is 0.263 e. The number of aliphatic hydroxyl groups is 1. The van der Waals surface area contributed by atoms with E-state index in [-0.39, 0.29) is 19.1 Å². The van der Waals surface area contributed by atoms with Crippen LogP contribution < -0.4 is 5.32 Å². The van der Waals surface area contributed by atoms with Crippen molar-refractivity contribution < 1.29 is 9.90 Å². The molecule has 0 fully saturated rings. The number of aromatic nitrogens is 1. The quantitative estimate of drug-likeness (QED) is 0.909. The summed E-state index contributed by atoms with van der Waals surface area (Å²) in [5.74, 6) is -0.176. The normalized spacial score (nSPS) is 10.6. The van der Waals surface area contributed by atoms with Gasteiger partial charge in [0, 0.05) is 12.1 Å². The zero-order chi connectivity index (χ0) is 14.7. The van der Waals surface area contributed by atoms with E-state index in [0.717, 1.165) is 21.8 Å². The molecular formula is C15H18N2O2S. The SMILES string of the molecule is Cc1ccc(-c2nc(C)c(C(=O)NCCO)s2)c(C)c1. The summed E-state index contributed by atoms with van der Waals surface area (Å²) in [5, 5.41) is 12.3. The summed E-state index contributed by atoms with van der Waals surface area (Å²) < 4.78 is 0. The first-order valence-electron chi connectivity index (χ1n) is 6.47. The van der Waals surface area contributed by atoms with Gasteiger partial charge in [0.05, 0.1) is 12.3 Å². The summed E-state index contributed by atoms with van der Waals surface area (Å²) in [5.41, 5.74) is 4.15. The molecule has 2 rings (SSSR count). The lowest BCUT2D eigenvalue weighted by atomic mass is 10.1. The standard InChI is InChI=1S/C15H18N2O2S/c1-9-4-5-12(10(2)8-9)15-17-11(3)13(20-15)14(19)16-6-7-18/h4-5,8,18H,6-7H2,1-3H3,(H,16,19). The van der Waals surface area contributed by atoms with Crippen molar-refractivity contribution in [1.82, 2.24) is 10.3 Å². The zero-order valence-corrected chi connectivity index (χ0v) is 12.7.